The lowest BCUT2D eigenvalue weighted by Crippen LogP contribution is -2.43. The number of ketones is 1. The second-order valence-electron chi connectivity index (χ2n) is 8.52. The third-order valence-electron chi connectivity index (χ3n) is 5.62. The molecule has 2 aliphatic rings. The van der Waals surface area contributed by atoms with Gasteiger partial charge in [-0.25, -0.2) is 0 Å². The molecule has 15 heteroatoms. The van der Waals surface area contributed by atoms with Crippen LogP contribution in [0.25, 0.3) is 0 Å². The number of rotatable bonds is 6. The number of nitrogens with zero attached hydrogens (tertiary/aromatic N) is 1. The van der Waals surface area contributed by atoms with E-state index in [0.29, 0.717) is 52.6 Å². The van der Waals surface area contributed by atoms with Crippen LogP contribution in [0.3, 0.4) is 0 Å². The van der Waals surface area contributed by atoms with E-state index in [9.17, 15) is 19.7 Å². The second kappa shape index (κ2) is 19.8. The molecule has 0 radical (unpaired) electrons. The summed E-state index contributed by atoms with van der Waals surface area (Å²) in [6, 6.07) is 0.459. The summed E-state index contributed by atoms with van der Waals surface area (Å²) in [5, 5.41) is 14.7. The number of benzene rings is 1. The second-order valence-corrected chi connectivity index (χ2v) is 9.93. The fraction of sp³-hybridized carbons (Fsp3) is 0.680. The van der Waals surface area contributed by atoms with Crippen molar-refractivity contribution in [2.75, 3.05) is 78.9 Å². The Hall–Kier alpha value is -2.20. The zero-order valence-corrected chi connectivity index (χ0v) is 24.2. The van der Waals surface area contributed by atoms with E-state index in [4.69, 9.17) is 45.8 Å². The highest BCUT2D eigenvalue weighted by atomic mass is 35.5. The van der Waals surface area contributed by atoms with Crippen LogP contribution in [-0.2, 0) is 34.3 Å². The van der Waals surface area contributed by atoms with Crippen molar-refractivity contribution in [2.45, 2.75) is 31.1 Å². The number of carbonyl (C=O) groups excluding carboxylic acids is 2. The van der Waals surface area contributed by atoms with Gasteiger partial charge in [0, 0.05) is 24.3 Å². The predicted octanol–water partition coefficient (Wildman–Crippen LogP) is 2.13. The summed E-state index contributed by atoms with van der Waals surface area (Å²) in [7, 11) is 1.39. The fourth-order valence-corrected chi connectivity index (χ4v) is 5.11. The molecule has 1 amide bonds. The number of methoxy groups -OCH3 is 1. The Morgan fingerprint density at radius 3 is 2.30 bits per heavy atom. The van der Waals surface area contributed by atoms with Gasteiger partial charge in [0.15, 0.2) is 17.3 Å². The molecule has 1 unspecified atom stereocenters. The third kappa shape index (κ3) is 12.1. The molecule has 1 aromatic rings. The predicted molar refractivity (Wildman–Crippen MR) is 149 cm³/mol. The maximum absolute atomic E-state index is 12.8. The minimum Gasteiger partial charge on any atom is -0.491 e. The molecule has 2 heterocycles. The zero-order chi connectivity index (χ0) is 29.2. The molecule has 0 aliphatic carbocycles. The van der Waals surface area contributed by atoms with Crippen molar-refractivity contribution >= 4 is 40.7 Å². The molecule has 3 rings (SSSR count). The minimum absolute atomic E-state index is 0.0356. The van der Waals surface area contributed by atoms with Gasteiger partial charge in [-0.15, -0.1) is 0 Å². The monoisotopic (exact) mass is 607 g/mol. The Balaban J connectivity index is 2.20. The van der Waals surface area contributed by atoms with Crippen LogP contribution in [-0.4, -0.2) is 102 Å². The van der Waals surface area contributed by atoms with Gasteiger partial charge in [0.1, 0.15) is 6.61 Å². The number of amides is 1. The summed E-state index contributed by atoms with van der Waals surface area (Å²) in [6.07, 6.45) is 0.736. The van der Waals surface area contributed by atoms with E-state index in [1.54, 1.807) is 0 Å². The highest BCUT2D eigenvalue weighted by molar-refractivity contribution is 7.98. The van der Waals surface area contributed by atoms with Gasteiger partial charge >= 0.3 is 0 Å². The molecule has 0 saturated carbocycles. The number of nitrogens with two attached hydrogens (primary N) is 1. The largest absolute Gasteiger partial charge is 0.491 e. The summed E-state index contributed by atoms with van der Waals surface area (Å²) in [5.41, 5.74) is 5.51. The molecule has 0 spiro atoms. The average Bonchev–Trinajstić information content (AvgIpc) is 2.93. The number of fused-ring (bicyclic) bond motifs is 22. The zero-order valence-electron chi connectivity index (χ0n) is 22.7. The maximum atomic E-state index is 12.8. The van der Waals surface area contributed by atoms with Crippen LogP contribution in [0.15, 0.2) is 6.07 Å². The third-order valence-corrected chi connectivity index (χ3v) is 7.08. The lowest BCUT2D eigenvalue weighted by atomic mass is 10.1. The van der Waals surface area contributed by atoms with Gasteiger partial charge in [-0.05, 0) is 13.0 Å². The molecule has 0 fully saturated rings. The van der Waals surface area contributed by atoms with Crippen molar-refractivity contribution in [2.24, 2.45) is 5.73 Å². The summed E-state index contributed by atoms with van der Waals surface area (Å²) in [5.74, 6) is 0.0111. The molecular weight excluding hydrogens is 570 g/mol. The Morgan fingerprint density at radius 1 is 1.12 bits per heavy atom. The van der Waals surface area contributed by atoms with E-state index < -0.39 is 11.0 Å². The molecule has 3 N–H and O–H groups in total. The quantitative estimate of drug-likeness (QED) is 0.275. The minimum atomic E-state index is -0.802. The topological polar surface area (TPSA) is 171 Å². The number of carbonyl (C=O) groups is 2. The van der Waals surface area contributed by atoms with Crippen molar-refractivity contribution in [3.8, 4) is 11.5 Å². The highest BCUT2D eigenvalue weighted by Gasteiger charge is 2.27. The van der Waals surface area contributed by atoms with Gasteiger partial charge in [0.05, 0.1) is 87.6 Å². The van der Waals surface area contributed by atoms with E-state index in [-0.39, 0.29) is 83.6 Å². The van der Waals surface area contributed by atoms with E-state index in [2.05, 4.69) is 5.32 Å². The Labute approximate surface area is 242 Å². The van der Waals surface area contributed by atoms with Crippen LogP contribution in [0.1, 0.15) is 24.8 Å². The first kappa shape index (κ1) is 34.0. The van der Waals surface area contributed by atoms with Crippen LogP contribution in [0.5, 0.6) is 11.5 Å². The smallest absolute Gasteiger partial charge is 0.278 e. The van der Waals surface area contributed by atoms with E-state index in [0.717, 1.165) is 0 Å². The number of nitro groups is 1. The first-order chi connectivity index (χ1) is 19.4. The summed E-state index contributed by atoms with van der Waals surface area (Å²) in [6.45, 7) is 2.94. The Kier molecular flexibility index (Phi) is 16.8. The van der Waals surface area contributed by atoms with Gasteiger partial charge in [-0.2, -0.15) is 11.8 Å². The average molecular weight is 608 g/mol. The number of thioether (sulfide) groups is 1. The number of hydrogen-bond donors (Lipinski definition) is 2. The van der Waals surface area contributed by atoms with Gasteiger partial charge in [0.25, 0.3) is 5.69 Å². The first-order valence-electron chi connectivity index (χ1n) is 13.0. The van der Waals surface area contributed by atoms with Crippen molar-refractivity contribution in [1.29, 1.82) is 0 Å². The lowest BCUT2D eigenvalue weighted by Gasteiger charge is -2.18. The van der Waals surface area contributed by atoms with Crippen LogP contribution < -0.4 is 20.5 Å². The molecule has 2 aliphatic heterocycles. The van der Waals surface area contributed by atoms with Crippen molar-refractivity contribution < 1.29 is 42.9 Å². The van der Waals surface area contributed by atoms with Crippen molar-refractivity contribution in [3.05, 3.63) is 26.8 Å². The standard InChI is InChI=1S/C25H38ClN3O10S/c1-34-25-22-15-20(29(32)33)18(24(25)26)16-40-17-19(21(30)3-2-5-27)28-23(31)4-6-35-7-8-36-9-10-37-11-12-38-13-14-39-22/h15,19H,2-14,16-17,27H2,1H3,(H,28,31). The summed E-state index contributed by atoms with van der Waals surface area (Å²) >= 11 is 7.76. The molecule has 226 valence electrons. The van der Waals surface area contributed by atoms with Crippen LogP contribution in [0.4, 0.5) is 5.69 Å². The van der Waals surface area contributed by atoms with Crippen LogP contribution in [0, 0.1) is 10.1 Å². The normalized spacial score (nSPS) is 19.5. The first-order valence-corrected chi connectivity index (χ1v) is 14.5. The number of hydrogen-bond acceptors (Lipinski definition) is 12. The van der Waals surface area contributed by atoms with E-state index in [1.807, 2.05) is 0 Å². The summed E-state index contributed by atoms with van der Waals surface area (Å²) in [4.78, 5) is 36.6. The van der Waals surface area contributed by atoms with Gasteiger partial charge in [-0.3, -0.25) is 19.7 Å². The molecule has 0 saturated heterocycles. The fourth-order valence-electron chi connectivity index (χ4n) is 3.58. The van der Waals surface area contributed by atoms with Crippen LogP contribution >= 0.6 is 23.4 Å². The molecule has 2 bridgehead atoms. The van der Waals surface area contributed by atoms with Crippen LogP contribution in [0.2, 0.25) is 5.02 Å². The Morgan fingerprint density at radius 2 is 1.73 bits per heavy atom. The van der Waals surface area contributed by atoms with E-state index >= 15 is 0 Å². The number of Topliss-reactive ketones (excluding diaryl/α,β-unsaturated/α-hetero) is 1. The Bertz CT molecular complexity index is 956. The van der Waals surface area contributed by atoms with Gasteiger partial charge in [-0.1, -0.05) is 11.6 Å². The molecule has 1 aromatic carbocycles. The summed E-state index contributed by atoms with van der Waals surface area (Å²) < 4.78 is 32.8. The highest BCUT2D eigenvalue weighted by Crippen LogP contribution is 2.44. The maximum Gasteiger partial charge on any atom is 0.278 e. The van der Waals surface area contributed by atoms with Gasteiger partial charge in [0.2, 0.25) is 5.91 Å². The van der Waals surface area contributed by atoms with E-state index in [1.165, 1.54) is 24.9 Å². The number of halogens is 1. The SMILES string of the molecule is COc1c2cc([N+](=O)[O-])c(c1Cl)CSCC(C(=O)CCCN)NC(=O)CCOCCOCCOCCOCCO2. The number of nitro benzene ring substituents is 1. The lowest BCUT2D eigenvalue weighted by molar-refractivity contribution is -0.385. The molecule has 0 aromatic heterocycles. The molecule has 13 nitrogen and oxygen atoms in total. The van der Waals surface area contributed by atoms with Gasteiger partial charge < -0.3 is 39.5 Å². The molecular formula is C25H38ClN3O10S. The number of nitrogens with one attached hydrogen (secondary N) is 1. The molecule has 1 atom stereocenters. The number of ether oxygens (including phenoxy) is 6. The molecule has 40 heavy (non-hydrogen) atoms. The van der Waals surface area contributed by atoms with Crippen molar-refractivity contribution in [1.82, 2.24) is 5.32 Å². The van der Waals surface area contributed by atoms with Crippen molar-refractivity contribution in [3.63, 3.8) is 0 Å².